The average molecular weight is 442 g/mol. The van der Waals surface area contributed by atoms with E-state index in [1.165, 1.54) is 37.2 Å². The zero-order chi connectivity index (χ0) is 23.9. The average Bonchev–Trinajstić information content (AvgIpc) is 2.70. The van der Waals surface area contributed by atoms with Gasteiger partial charge in [-0.05, 0) is 31.3 Å². The largest absolute Gasteiger partial charge is 0.508 e. The van der Waals surface area contributed by atoms with Gasteiger partial charge in [0, 0.05) is 5.92 Å². The number of ketones is 2. The van der Waals surface area contributed by atoms with Crippen LogP contribution < -0.4 is 5.73 Å². The second kappa shape index (κ2) is 6.76. The second-order valence-corrected chi connectivity index (χ2v) is 8.44. The van der Waals surface area contributed by atoms with Gasteiger partial charge in [0.05, 0.1) is 29.2 Å². The third kappa shape index (κ3) is 2.42. The monoisotopic (exact) mass is 442 g/mol. The molecule has 0 bridgehead atoms. The van der Waals surface area contributed by atoms with Crippen LogP contribution >= 0.6 is 0 Å². The molecule has 3 aliphatic rings. The Balaban J connectivity index is 2.08. The number of Topliss-reactive ketones (excluding diaryl/α,β-unsaturated/α-hetero) is 2. The minimum atomic E-state index is -2.94. The highest BCUT2D eigenvalue weighted by Gasteiger charge is 2.68. The van der Waals surface area contributed by atoms with Crippen molar-refractivity contribution in [3.63, 3.8) is 0 Å². The molecule has 0 spiro atoms. The lowest BCUT2D eigenvalue weighted by molar-refractivity contribution is -0.166. The number of nitrogens with zero attached hydrogens (tertiary/aromatic N) is 1. The summed E-state index contributed by atoms with van der Waals surface area (Å²) in [6.07, 6.45) is -1.69. The van der Waals surface area contributed by atoms with Gasteiger partial charge in [0.2, 0.25) is 5.78 Å². The molecule has 7 N–H and O–H groups in total. The molecule has 0 saturated heterocycles. The molecule has 0 heterocycles. The second-order valence-electron chi connectivity index (χ2n) is 8.44. The predicted octanol–water partition coefficient (Wildman–Crippen LogP) is -0.594. The highest BCUT2D eigenvalue weighted by Crippen LogP contribution is 2.55. The number of phenols is 1. The van der Waals surface area contributed by atoms with Crippen LogP contribution in [0.1, 0.15) is 11.1 Å². The van der Waals surface area contributed by atoms with Crippen LogP contribution in [0.4, 0.5) is 0 Å². The SMILES string of the molecule is C=C1c2cccc(O)c2C(O)=C2C(=O)[C@@]3(O)C(O)=C(C(N)=O)C(=O)[C@H](N(C)C)[C@H]3[C@H](O)[C@@H]12. The van der Waals surface area contributed by atoms with Crippen LogP contribution in [0.2, 0.25) is 0 Å². The fraction of sp³-hybridized carbons (Fsp3) is 0.318. The molecule has 1 saturated carbocycles. The van der Waals surface area contributed by atoms with Crippen molar-refractivity contribution in [1.82, 2.24) is 4.90 Å². The Morgan fingerprint density at radius 1 is 1.19 bits per heavy atom. The van der Waals surface area contributed by atoms with Gasteiger partial charge in [-0.2, -0.15) is 0 Å². The number of hydrogen-bond acceptors (Lipinski definition) is 9. The highest BCUT2D eigenvalue weighted by molar-refractivity contribution is 6.25. The predicted molar refractivity (Wildman–Crippen MR) is 111 cm³/mol. The first-order valence-corrected chi connectivity index (χ1v) is 9.71. The summed E-state index contributed by atoms with van der Waals surface area (Å²) < 4.78 is 0. The molecule has 1 amide bonds. The van der Waals surface area contributed by atoms with Gasteiger partial charge in [0.25, 0.3) is 5.91 Å². The van der Waals surface area contributed by atoms with Gasteiger partial charge in [0.1, 0.15) is 22.8 Å². The standard InChI is InChI=1S/C22H22N2O8/c1-7-8-5-4-6-9(25)11(8)16(26)12-10(7)17(27)14-15(24(2)3)18(28)13(21(23)31)20(30)22(14,32)19(12)29/h4-6,10,14-15,17,25-27,30,32H,1H2,2-3H3,(H2,23,31)/t10-,14-,15+,17+,22+/m0/s1. The molecular formula is C22H22N2O8. The minimum Gasteiger partial charge on any atom is -0.508 e. The summed E-state index contributed by atoms with van der Waals surface area (Å²) in [5.41, 5.74) is 1.16. The minimum absolute atomic E-state index is 0.124. The van der Waals surface area contributed by atoms with Crippen LogP contribution in [0, 0.1) is 11.8 Å². The number of aliphatic hydroxyl groups is 4. The van der Waals surface area contributed by atoms with Crippen molar-refractivity contribution in [2.45, 2.75) is 17.7 Å². The number of carbonyl (C=O) groups excluding carboxylic acids is 3. The van der Waals surface area contributed by atoms with E-state index in [9.17, 15) is 39.9 Å². The smallest absolute Gasteiger partial charge is 0.255 e. The van der Waals surface area contributed by atoms with Gasteiger partial charge in [-0.3, -0.25) is 19.3 Å². The fourth-order valence-electron chi connectivity index (χ4n) is 5.21. The Morgan fingerprint density at radius 2 is 1.81 bits per heavy atom. The van der Waals surface area contributed by atoms with Gasteiger partial charge in [-0.15, -0.1) is 0 Å². The van der Waals surface area contributed by atoms with Crippen LogP contribution in [0.15, 0.2) is 41.7 Å². The number of aliphatic hydroxyl groups excluding tert-OH is 3. The maximum Gasteiger partial charge on any atom is 0.255 e. The number of fused-ring (bicyclic) bond motifs is 3. The molecule has 32 heavy (non-hydrogen) atoms. The summed E-state index contributed by atoms with van der Waals surface area (Å²) in [5.74, 6) is -8.78. The first-order chi connectivity index (χ1) is 14.9. The molecule has 10 heteroatoms. The number of primary amides is 1. The Hall–Kier alpha value is -3.47. The first kappa shape index (κ1) is 21.8. The number of amides is 1. The Morgan fingerprint density at radius 3 is 2.38 bits per heavy atom. The van der Waals surface area contributed by atoms with Crippen LogP contribution in [0.25, 0.3) is 11.3 Å². The van der Waals surface area contributed by atoms with E-state index in [0.29, 0.717) is 0 Å². The molecule has 0 aliphatic heterocycles. The molecule has 4 rings (SSSR count). The lowest BCUT2D eigenvalue weighted by Gasteiger charge is -2.52. The van der Waals surface area contributed by atoms with E-state index >= 15 is 0 Å². The Bertz CT molecular complexity index is 1180. The molecule has 3 aliphatic carbocycles. The molecule has 0 unspecified atom stereocenters. The molecule has 5 atom stereocenters. The lowest BCUT2D eigenvalue weighted by atomic mass is 9.55. The van der Waals surface area contributed by atoms with Crippen molar-refractivity contribution in [3.8, 4) is 5.75 Å². The number of nitrogens with two attached hydrogens (primary N) is 1. The van der Waals surface area contributed by atoms with Crippen molar-refractivity contribution in [1.29, 1.82) is 0 Å². The fourth-order valence-corrected chi connectivity index (χ4v) is 5.21. The topological polar surface area (TPSA) is 182 Å². The maximum absolute atomic E-state index is 13.6. The van der Waals surface area contributed by atoms with E-state index in [4.69, 9.17) is 5.73 Å². The molecule has 1 aromatic rings. The van der Waals surface area contributed by atoms with Crippen LogP contribution in [0.5, 0.6) is 5.75 Å². The Kier molecular flexibility index (Phi) is 4.60. The van der Waals surface area contributed by atoms with Crippen molar-refractivity contribution in [2.24, 2.45) is 17.6 Å². The number of aromatic hydroxyl groups is 1. The van der Waals surface area contributed by atoms with E-state index in [1.54, 1.807) is 0 Å². The molecule has 1 fully saturated rings. The van der Waals surface area contributed by atoms with E-state index in [2.05, 4.69) is 6.58 Å². The van der Waals surface area contributed by atoms with Gasteiger partial charge in [-0.1, -0.05) is 18.7 Å². The zero-order valence-electron chi connectivity index (χ0n) is 17.2. The van der Waals surface area contributed by atoms with Crippen molar-refractivity contribution in [2.75, 3.05) is 14.1 Å². The van der Waals surface area contributed by atoms with Gasteiger partial charge >= 0.3 is 0 Å². The van der Waals surface area contributed by atoms with E-state index in [0.717, 1.165) is 0 Å². The molecular weight excluding hydrogens is 420 g/mol. The lowest BCUT2D eigenvalue weighted by Crippen LogP contribution is -2.70. The summed E-state index contributed by atoms with van der Waals surface area (Å²) in [6.45, 7) is 3.91. The molecule has 1 aromatic carbocycles. The molecule has 168 valence electrons. The quantitative estimate of drug-likeness (QED) is 0.326. The van der Waals surface area contributed by atoms with Gasteiger partial charge in [-0.25, -0.2) is 0 Å². The summed E-state index contributed by atoms with van der Waals surface area (Å²) in [7, 11) is 2.88. The number of likely N-dealkylation sites (N-methyl/N-ethyl adjacent to an activating group) is 1. The highest BCUT2D eigenvalue weighted by atomic mass is 16.4. The Labute approximate surface area is 182 Å². The first-order valence-electron chi connectivity index (χ1n) is 9.71. The number of carbonyl (C=O) groups is 3. The van der Waals surface area contributed by atoms with E-state index in [1.807, 2.05) is 0 Å². The summed E-state index contributed by atoms with van der Waals surface area (Å²) in [6, 6.07) is 2.89. The third-order valence-electron chi connectivity index (χ3n) is 6.61. The van der Waals surface area contributed by atoms with Crippen LogP contribution in [-0.2, 0) is 14.4 Å². The number of phenolic OH excluding ortho intramolecular Hbond substituents is 1. The van der Waals surface area contributed by atoms with E-state index in [-0.39, 0.29) is 22.4 Å². The number of benzene rings is 1. The molecule has 10 nitrogen and oxygen atoms in total. The third-order valence-corrected chi connectivity index (χ3v) is 6.61. The number of hydrogen-bond donors (Lipinski definition) is 6. The molecule has 0 aromatic heterocycles. The summed E-state index contributed by atoms with van der Waals surface area (Å²) in [5, 5.41) is 54.7. The van der Waals surface area contributed by atoms with Crippen molar-refractivity contribution >= 4 is 28.8 Å². The molecule has 0 radical (unpaired) electrons. The van der Waals surface area contributed by atoms with Crippen LogP contribution in [0.3, 0.4) is 0 Å². The van der Waals surface area contributed by atoms with E-state index < -0.39 is 69.7 Å². The van der Waals surface area contributed by atoms with Crippen LogP contribution in [-0.4, -0.2) is 79.7 Å². The van der Waals surface area contributed by atoms with Gasteiger partial charge in [0.15, 0.2) is 11.4 Å². The summed E-state index contributed by atoms with van der Waals surface area (Å²) >= 11 is 0. The normalized spacial score (nSPS) is 32.1. The zero-order valence-corrected chi connectivity index (χ0v) is 17.2. The van der Waals surface area contributed by atoms with Crippen molar-refractivity contribution < 1.29 is 39.9 Å². The van der Waals surface area contributed by atoms with Crippen molar-refractivity contribution in [3.05, 3.63) is 52.8 Å². The number of rotatable bonds is 2. The summed E-state index contributed by atoms with van der Waals surface area (Å²) in [4.78, 5) is 39.8. The maximum atomic E-state index is 13.6. The van der Waals surface area contributed by atoms with Gasteiger partial charge < -0.3 is 31.3 Å².